The first-order chi connectivity index (χ1) is 8.79. The maximum absolute atomic E-state index is 10.9. The van der Waals surface area contributed by atoms with Crippen LogP contribution in [0.4, 0.5) is 5.82 Å². The molecule has 0 bridgehead atoms. The zero-order chi connectivity index (χ0) is 14.2. The Morgan fingerprint density at radius 1 is 1.47 bits per heavy atom. The van der Waals surface area contributed by atoms with E-state index in [2.05, 4.69) is 30.7 Å². The van der Waals surface area contributed by atoms with E-state index in [0.717, 1.165) is 10.7 Å². The van der Waals surface area contributed by atoms with Crippen molar-refractivity contribution in [1.29, 1.82) is 0 Å². The third-order valence-corrected chi connectivity index (χ3v) is 4.05. The molecule has 0 atom stereocenters. The fourth-order valence-corrected chi connectivity index (χ4v) is 2.58. The summed E-state index contributed by atoms with van der Waals surface area (Å²) < 4.78 is 1.57. The number of hydrogen-bond donors (Lipinski definition) is 0. The molecule has 0 saturated heterocycles. The van der Waals surface area contributed by atoms with Gasteiger partial charge in [0.25, 0.3) is 0 Å². The molecule has 7 heteroatoms. The van der Waals surface area contributed by atoms with Gasteiger partial charge in [0, 0.05) is 17.7 Å². The number of nitro groups is 1. The van der Waals surface area contributed by atoms with Crippen LogP contribution in [0.3, 0.4) is 0 Å². The predicted octanol–water partition coefficient (Wildman–Crippen LogP) is 2.90. The Kier molecular flexibility index (Phi) is 3.40. The molecular formula is C12H16N4O2S. The molecule has 2 aromatic heterocycles. The van der Waals surface area contributed by atoms with Crippen LogP contribution < -0.4 is 0 Å². The van der Waals surface area contributed by atoms with Gasteiger partial charge in [-0.2, -0.15) is 0 Å². The summed E-state index contributed by atoms with van der Waals surface area (Å²) in [5.74, 6) is 0.625. The van der Waals surface area contributed by atoms with Crippen LogP contribution in [0.15, 0.2) is 11.6 Å². The summed E-state index contributed by atoms with van der Waals surface area (Å²) in [6.45, 7) is 8.43. The van der Waals surface area contributed by atoms with Gasteiger partial charge in [0.05, 0.1) is 10.7 Å². The minimum atomic E-state index is -0.420. The molecule has 2 heterocycles. The molecule has 0 amide bonds. The molecule has 0 aromatic carbocycles. The minimum absolute atomic E-state index is 0.00116. The normalized spacial score (nSPS) is 11.8. The van der Waals surface area contributed by atoms with E-state index in [1.165, 1.54) is 6.20 Å². The van der Waals surface area contributed by atoms with Crippen LogP contribution in [-0.4, -0.2) is 19.5 Å². The Balaban J connectivity index is 2.29. The highest BCUT2D eigenvalue weighted by atomic mass is 32.1. The lowest BCUT2D eigenvalue weighted by molar-refractivity contribution is -0.392. The summed E-state index contributed by atoms with van der Waals surface area (Å²) in [5.41, 5.74) is 0.831. The maximum atomic E-state index is 10.9. The second-order valence-corrected chi connectivity index (χ2v) is 6.26. The predicted molar refractivity (Wildman–Crippen MR) is 73.5 cm³/mol. The molecule has 0 aliphatic heterocycles. The van der Waals surface area contributed by atoms with Gasteiger partial charge in [0.15, 0.2) is 5.82 Å². The van der Waals surface area contributed by atoms with E-state index in [4.69, 9.17) is 0 Å². The molecule has 0 saturated carbocycles. The summed E-state index contributed by atoms with van der Waals surface area (Å²) >= 11 is 1.58. The second-order valence-electron chi connectivity index (χ2n) is 5.40. The summed E-state index contributed by atoms with van der Waals surface area (Å²) in [6.07, 6.45) is 1.28. The van der Waals surface area contributed by atoms with Gasteiger partial charge >= 0.3 is 5.82 Å². The number of aryl methyl sites for hydroxylation is 1. The van der Waals surface area contributed by atoms with Gasteiger partial charge in [-0.15, -0.1) is 11.3 Å². The summed E-state index contributed by atoms with van der Waals surface area (Å²) in [4.78, 5) is 19.0. The van der Waals surface area contributed by atoms with Crippen LogP contribution in [0.1, 0.15) is 37.3 Å². The third-order valence-electron chi connectivity index (χ3n) is 2.73. The molecule has 6 nitrogen and oxygen atoms in total. The Morgan fingerprint density at radius 3 is 2.68 bits per heavy atom. The van der Waals surface area contributed by atoms with E-state index < -0.39 is 4.92 Å². The number of hydrogen-bond acceptors (Lipinski definition) is 5. The molecule has 0 N–H and O–H groups in total. The lowest BCUT2D eigenvalue weighted by Crippen LogP contribution is -2.11. The molecule has 2 aromatic rings. The van der Waals surface area contributed by atoms with E-state index >= 15 is 0 Å². The van der Waals surface area contributed by atoms with E-state index in [-0.39, 0.29) is 11.2 Å². The van der Waals surface area contributed by atoms with Crippen molar-refractivity contribution in [1.82, 2.24) is 14.5 Å². The summed E-state index contributed by atoms with van der Waals surface area (Å²) in [5, 5.41) is 13.9. The molecule has 19 heavy (non-hydrogen) atoms. The van der Waals surface area contributed by atoms with Crippen molar-refractivity contribution >= 4 is 17.2 Å². The Hall–Kier alpha value is -1.76. The van der Waals surface area contributed by atoms with Gasteiger partial charge in [-0.05, 0) is 4.92 Å². The molecule has 2 rings (SSSR count). The standard InChI is InChI=1S/C12H16N4O2S/c1-8-13-5-10(16(17)18)15(8)6-9-7-19-11(14-9)12(2,3)4/h5,7H,6H2,1-4H3. The Bertz CT molecular complexity index is 610. The van der Waals surface area contributed by atoms with Crippen molar-refractivity contribution in [2.24, 2.45) is 0 Å². The fourth-order valence-electron chi connectivity index (χ4n) is 1.68. The molecule has 102 valence electrons. The van der Waals surface area contributed by atoms with E-state index in [1.807, 2.05) is 5.38 Å². The summed E-state index contributed by atoms with van der Waals surface area (Å²) in [7, 11) is 0. The molecule has 0 radical (unpaired) electrons. The SMILES string of the molecule is Cc1ncc([N+](=O)[O-])n1Cc1csc(C(C)(C)C)n1. The highest BCUT2D eigenvalue weighted by Crippen LogP contribution is 2.26. The summed E-state index contributed by atoms with van der Waals surface area (Å²) in [6, 6.07) is 0. The van der Waals surface area contributed by atoms with E-state index in [9.17, 15) is 10.1 Å². The number of imidazole rings is 1. The average Bonchev–Trinajstić information content (AvgIpc) is 2.87. The van der Waals surface area contributed by atoms with Crippen LogP contribution in [0.5, 0.6) is 0 Å². The van der Waals surface area contributed by atoms with Crippen LogP contribution in [0.2, 0.25) is 0 Å². The Labute approximate surface area is 115 Å². The highest BCUT2D eigenvalue weighted by molar-refractivity contribution is 7.09. The largest absolute Gasteiger partial charge is 0.358 e. The van der Waals surface area contributed by atoms with Gasteiger partial charge in [0.2, 0.25) is 0 Å². The monoisotopic (exact) mass is 280 g/mol. The maximum Gasteiger partial charge on any atom is 0.343 e. The van der Waals surface area contributed by atoms with E-state index in [1.54, 1.807) is 22.8 Å². The number of thiazole rings is 1. The first-order valence-corrected chi connectivity index (χ1v) is 6.78. The van der Waals surface area contributed by atoms with Crippen LogP contribution in [0, 0.1) is 17.0 Å². The van der Waals surface area contributed by atoms with Crippen LogP contribution in [-0.2, 0) is 12.0 Å². The zero-order valence-electron chi connectivity index (χ0n) is 11.4. The van der Waals surface area contributed by atoms with Crippen molar-refractivity contribution in [3.8, 4) is 0 Å². The van der Waals surface area contributed by atoms with Gasteiger partial charge in [-0.1, -0.05) is 20.8 Å². The number of nitrogens with zero attached hydrogens (tertiary/aromatic N) is 4. The molecule has 0 fully saturated rings. The first-order valence-electron chi connectivity index (χ1n) is 5.90. The van der Waals surface area contributed by atoms with Crippen LogP contribution >= 0.6 is 11.3 Å². The fraction of sp³-hybridized carbons (Fsp3) is 0.500. The lowest BCUT2D eigenvalue weighted by atomic mass is 9.98. The molecule has 0 unspecified atom stereocenters. The average molecular weight is 280 g/mol. The van der Waals surface area contributed by atoms with Gasteiger partial charge in [-0.3, -0.25) is 0 Å². The quantitative estimate of drug-likeness (QED) is 0.640. The van der Waals surface area contributed by atoms with Crippen LogP contribution in [0.25, 0.3) is 0 Å². The zero-order valence-corrected chi connectivity index (χ0v) is 12.2. The van der Waals surface area contributed by atoms with Crippen molar-refractivity contribution < 1.29 is 4.92 Å². The van der Waals surface area contributed by atoms with Crippen molar-refractivity contribution in [3.63, 3.8) is 0 Å². The van der Waals surface area contributed by atoms with Crippen molar-refractivity contribution in [3.05, 3.63) is 38.2 Å². The molecule has 0 spiro atoms. The molecule has 0 aliphatic rings. The van der Waals surface area contributed by atoms with E-state index in [0.29, 0.717) is 12.4 Å². The molecule has 0 aliphatic carbocycles. The first kappa shape index (κ1) is 13.7. The lowest BCUT2D eigenvalue weighted by Gasteiger charge is -2.13. The van der Waals surface area contributed by atoms with Gasteiger partial charge in [-0.25, -0.2) is 14.5 Å². The van der Waals surface area contributed by atoms with Crippen molar-refractivity contribution in [2.45, 2.75) is 39.7 Å². The highest BCUT2D eigenvalue weighted by Gasteiger charge is 2.21. The third kappa shape index (κ3) is 2.81. The molecular weight excluding hydrogens is 264 g/mol. The van der Waals surface area contributed by atoms with Gasteiger partial charge in [0.1, 0.15) is 12.7 Å². The van der Waals surface area contributed by atoms with Gasteiger partial charge < -0.3 is 10.1 Å². The number of rotatable bonds is 3. The smallest absolute Gasteiger partial charge is 0.343 e. The second kappa shape index (κ2) is 4.73. The van der Waals surface area contributed by atoms with Crippen molar-refractivity contribution in [2.75, 3.05) is 0 Å². The Morgan fingerprint density at radius 2 is 2.16 bits per heavy atom. The topological polar surface area (TPSA) is 73.8 Å². The minimum Gasteiger partial charge on any atom is -0.358 e. The number of aromatic nitrogens is 3.